The SMILES string of the molecule is CC(C)C1=NOC(C(=O)N2CCCN(C(=O)c3nc4ncccn4n3)CC2)C1. The first-order valence-corrected chi connectivity index (χ1v) is 9.51. The highest BCUT2D eigenvalue weighted by Crippen LogP contribution is 2.19. The van der Waals surface area contributed by atoms with Crippen molar-refractivity contribution in [3.05, 3.63) is 24.3 Å². The summed E-state index contributed by atoms with van der Waals surface area (Å²) in [6.07, 6.45) is 3.98. The highest BCUT2D eigenvalue weighted by atomic mass is 16.6. The van der Waals surface area contributed by atoms with Gasteiger partial charge in [0, 0.05) is 45.0 Å². The summed E-state index contributed by atoms with van der Waals surface area (Å²) >= 11 is 0. The van der Waals surface area contributed by atoms with Gasteiger partial charge in [0.2, 0.25) is 11.9 Å². The second-order valence-electron chi connectivity index (χ2n) is 7.31. The van der Waals surface area contributed by atoms with Gasteiger partial charge in [-0.05, 0) is 18.4 Å². The van der Waals surface area contributed by atoms with Crippen molar-refractivity contribution < 1.29 is 14.4 Å². The van der Waals surface area contributed by atoms with Crippen molar-refractivity contribution in [2.75, 3.05) is 26.2 Å². The normalized spacial score (nSPS) is 20.2. The zero-order valence-corrected chi connectivity index (χ0v) is 16.0. The monoisotopic (exact) mass is 385 g/mol. The largest absolute Gasteiger partial charge is 0.382 e. The van der Waals surface area contributed by atoms with E-state index in [-0.39, 0.29) is 23.6 Å². The van der Waals surface area contributed by atoms with Crippen molar-refractivity contribution >= 4 is 23.3 Å². The molecule has 0 saturated carbocycles. The number of fused-ring (bicyclic) bond motifs is 1. The fraction of sp³-hybridized carbons (Fsp3) is 0.556. The van der Waals surface area contributed by atoms with E-state index in [9.17, 15) is 9.59 Å². The lowest BCUT2D eigenvalue weighted by Gasteiger charge is -2.23. The van der Waals surface area contributed by atoms with Gasteiger partial charge in [0.25, 0.3) is 17.6 Å². The van der Waals surface area contributed by atoms with Crippen LogP contribution in [0.1, 0.15) is 37.3 Å². The van der Waals surface area contributed by atoms with Gasteiger partial charge in [-0.3, -0.25) is 9.59 Å². The third kappa shape index (κ3) is 3.54. The van der Waals surface area contributed by atoms with Crippen molar-refractivity contribution in [1.29, 1.82) is 0 Å². The zero-order valence-electron chi connectivity index (χ0n) is 16.0. The Kier molecular flexibility index (Phi) is 4.93. The maximum atomic E-state index is 12.8. The first-order chi connectivity index (χ1) is 13.5. The minimum atomic E-state index is -0.550. The molecule has 4 rings (SSSR count). The van der Waals surface area contributed by atoms with Gasteiger partial charge in [-0.15, -0.1) is 5.10 Å². The van der Waals surface area contributed by atoms with Gasteiger partial charge in [-0.2, -0.15) is 4.98 Å². The minimum absolute atomic E-state index is 0.0660. The van der Waals surface area contributed by atoms with E-state index in [0.29, 0.717) is 44.8 Å². The fourth-order valence-electron chi connectivity index (χ4n) is 3.38. The van der Waals surface area contributed by atoms with Crippen LogP contribution in [0.4, 0.5) is 0 Å². The predicted octanol–water partition coefficient (Wildman–Crippen LogP) is 0.600. The van der Waals surface area contributed by atoms with Crippen molar-refractivity contribution in [3.8, 4) is 0 Å². The van der Waals surface area contributed by atoms with Crippen LogP contribution in [0.5, 0.6) is 0 Å². The average molecular weight is 385 g/mol. The van der Waals surface area contributed by atoms with Crippen LogP contribution in [0.3, 0.4) is 0 Å². The number of hydrogen-bond acceptors (Lipinski definition) is 7. The summed E-state index contributed by atoms with van der Waals surface area (Å²) in [7, 11) is 0. The molecule has 10 nitrogen and oxygen atoms in total. The standard InChI is InChI=1S/C18H23N7O3/c1-12(2)13-11-14(28-22-13)16(26)23-6-4-7-24(10-9-23)17(27)15-20-18-19-5-3-8-25(18)21-15/h3,5,8,12,14H,4,6-7,9-11H2,1-2H3. The van der Waals surface area contributed by atoms with E-state index < -0.39 is 6.10 Å². The van der Waals surface area contributed by atoms with Crippen LogP contribution in [-0.4, -0.2) is 79.2 Å². The summed E-state index contributed by atoms with van der Waals surface area (Å²) in [5.41, 5.74) is 0.913. The number of carbonyl (C=O) groups is 2. The number of oxime groups is 1. The molecule has 1 saturated heterocycles. The third-order valence-electron chi connectivity index (χ3n) is 5.04. The van der Waals surface area contributed by atoms with Crippen LogP contribution in [0.2, 0.25) is 0 Å². The molecule has 1 fully saturated rings. The molecule has 1 atom stereocenters. The molecule has 10 heteroatoms. The smallest absolute Gasteiger partial charge is 0.293 e. The Morgan fingerprint density at radius 1 is 1.18 bits per heavy atom. The van der Waals surface area contributed by atoms with Crippen molar-refractivity contribution in [2.45, 2.75) is 32.8 Å². The zero-order chi connectivity index (χ0) is 19.7. The molecule has 0 aromatic carbocycles. The van der Waals surface area contributed by atoms with Crippen LogP contribution in [0, 0.1) is 5.92 Å². The third-order valence-corrected chi connectivity index (χ3v) is 5.04. The van der Waals surface area contributed by atoms with Gasteiger partial charge in [0.05, 0.1) is 5.71 Å². The molecule has 0 radical (unpaired) electrons. The van der Waals surface area contributed by atoms with E-state index in [2.05, 4.69) is 20.2 Å². The number of amides is 2. The van der Waals surface area contributed by atoms with Crippen molar-refractivity contribution in [2.24, 2.45) is 11.1 Å². The van der Waals surface area contributed by atoms with Crippen molar-refractivity contribution in [1.82, 2.24) is 29.4 Å². The molecule has 28 heavy (non-hydrogen) atoms. The van der Waals surface area contributed by atoms with Crippen LogP contribution < -0.4 is 0 Å². The topological polar surface area (TPSA) is 105 Å². The Balaban J connectivity index is 1.38. The van der Waals surface area contributed by atoms with Crippen LogP contribution in [0.15, 0.2) is 23.6 Å². The molecule has 4 heterocycles. The Bertz CT molecular complexity index is 890. The Morgan fingerprint density at radius 2 is 1.96 bits per heavy atom. The Labute approximate surface area is 162 Å². The molecular formula is C18H23N7O3. The van der Waals surface area contributed by atoms with Gasteiger partial charge >= 0.3 is 0 Å². The molecule has 2 aromatic rings. The quantitative estimate of drug-likeness (QED) is 0.766. The summed E-state index contributed by atoms with van der Waals surface area (Å²) < 4.78 is 1.48. The molecule has 2 aromatic heterocycles. The molecule has 2 aliphatic heterocycles. The van der Waals surface area contributed by atoms with Crippen molar-refractivity contribution in [3.63, 3.8) is 0 Å². The van der Waals surface area contributed by atoms with Gasteiger partial charge < -0.3 is 14.6 Å². The Morgan fingerprint density at radius 3 is 2.71 bits per heavy atom. The first-order valence-electron chi connectivity index (χ1n) is 9.51. The molecule has 148 valence electrons. The molecular weight excluding hydrogens is 362 g/mol. The van der Waals surface area contributed by atoms with Gasteiger partial charge in [0.1, 0.15) is 0 Å². The lowest BCUT2D eigenvalue weighted by Crippen LogP contribution is -2.42. The van der Waals surface area contributed by atoms with E-state index >= 15 is 0 Å². The average Bonchev–Trinajstić information content (AvgIpc) is 3.28. The number of aromatic nitrogens is 4. The van der Waals surface area contributed by atoms with E-state index in [0.717, 1.165) is 5.71 Å². The molecule has 2 amide bonds. The summed E-state index contributed by atoms with van der Waals surface area (Å²) in [6.45, 7) is 6.08. The second-order valence-corrected chi connectivity index (χ2v) is 7.31. The lowest BCUT2D eigenvalue weighted by atomic mass is 10.0. The number of carbonyl (C=O) groups excluding carboxylic acids is 2. The first kappa shape index (κ1) is 18.3. The maximum absolute atomic E-state index is 12.8. The molecule has 2 aliphatic rings. The number of hydrogen-bond donors (Lipinski definition) is 0. The van der Waals surface area contributed by atoms with Gasteiger partial charge in [-0.25, -0.2) is 9.50 Å². The van der Waals surface area contributed by atoms with Crippen LogP contribution in [-0.2, 0) is 9.63 Å². The molecule has 0 spiro atoms. The summed E-state index contributed by atoms with van der Waals surface area (Å²) in [4.78, 5) is 42.6. The molecule has 0 bridgehead atoms. The molecule has 0 N–H and O–H groups in total. The fourth-order valence-corrected chi connectivity index (χ4v) is 3.38. The van der Waals surface area contributed by atoms with E-state index in [4.69, 9.17) is 4.84 Å². The highest BCUT2D eigenvalue weighted by Gasteiger charge is 2.34. The minimum Gasteiger partial charge on any atom is -0.382 e. The molecule has 1 unspecified atom stereocenters. The lowest BCUT2D eigenvalue weighted by molar-refractivity contribution is -0.141. The van der Waals surface area contributed by atoms with E-state index in [1.165, 1.54) is 4.52 Å². The van der Waals surface area contributed by atoms with Gasteiger partial charge in [0.15, 0.2) is 0 Å². The second kappa shape index (κ2) is 7.53. The highest BCUT2D eigenvalue weighted by molar-refractivity contribution is 5.94. The maximum Gasteiger partial charge on any atom is 0.293 e. The summed E-state index contributed by atoms with van der Waals surface area (Å²) in [5, 5.41) is 8.24. The number of nitrogens with zero attached hydrogens (tertiary/aromatic N) is 7. The van der Waals surface area contributed by atoms with Gasteiger partial charge in [-0.1, -0.05) is 19.0 Å². The summed E-state index contributed by atoms with van der Waals surface area (Å²) in [5.74, 6) is 0.456. The Hall–Kier alpha value is -3.04. The summed E-state index contributed by atoms with van der Waals surface area (Å²) in [6, 6.07) is 1.73. The van der Waals surface area contributed by atoms with Crippen LogP contribution >= 0.6 is 0 Å². The number of rotatable bonds is 3. The molecule has 0 aliphatic carbocycles. The van der Waals surface area contributed by atoms with E-state index in [1.807, 2.05) is 13.8 Å². The predicted molar refractivity (Wildman–Crippen MR) is 99.6 cm³/mol. The van der Waals surface area contributed by atoms with E-state index in [1.54, 1.807) is 28.3 Å². The van der Waals surface area contributed by atoms with Crippen LogP contribution in [0.25, 0.3) is 5.78 Å².